The van der Waals surface area contributed by atoms with Crippen molar-refractivity contribution in [1.29, 1.82) is 0 Å². The number of nitrogens with one attached hydrogen (secondary N) is 1. The van der Waals surface area contributed by atoms with Crippen molar-refractivity contribution in [2.75, 3.05) is 5.73 Å². The van der Waals surface area contributed by atoms with Gasteiger partial charge in [-0.25, -0.2) is 0 Å². The zero-order valence-electron chi connectivity index (χ0n) is 7.37. The van der Waals surface area contributed by atoms with Gasteiger partial charge in [0.25, 0.3) is 0 Å². The van der Waals surface area contributed by atoms with Gasteiger partial charge in [0.05, 0.1) is 10.7 Å². The van der Waals surface area contributed by atoms with E-state index in [4.69, 9.17) is 23.2 Å². The van der Waals surface area contributed by atoms with E-state index in [2.05, 4.69) is 22.5 Å². The third kappa shape index (κ3) is 2.14. The molecule has 0 saturated carbocycles. The molecule has 74 valence electrons. The Bertz CT molecular complexity index is 354. The van der Waals surface area contributed by atoms with E-state index in [1.165, 1.54) is 0 Å². The second-order valence-corrected chi connectivity index (χ2v) is 2.92. The second kappa shape index (κ2) is 4.48. The Morgan fingerprint density at radius 2 is 2.21 bits per heavy atom. The molecule has 0 heterocycles. The summed E-state index contributed by atoms with van der Waals surface area (Å²) in [4.78, 5) is 0. The first-order chi connectivity index (χ1) is 6.66. The zero-order valence-corrected chi connectivity index (χ0v) is 8.12. The highest BCUT2D eigenvalue weighted by Crippen LogP contribution is 2.26. The largest absolute Gasteiger partial charge is 0.398 e. The lowest BCUT2D eigenvalue weighted by Gasteiger charge is -2.08. The van der Waals surface area contributed by atoms with Crippen LogP contribution in [0, 0.1) is 0 Å². The molecule has 5 nitrogen and oxygen atoms in total. The van der Waals surface area contributed by atoms with Gasteiger partial charge in [-0.05, 0) is 12.1 Å². The smallest absolute Gasteiger partial charge is 0.0615 e. The number of nitrogens with two attached hydrogens (primary N) is 2. The van der Waals surface area contributed by atoms with Gasteiger partial charge in [0.15, 0.2) is 0 Å². The molecule has 0 aliphatic heterocycles. The highest BCUT2D eigenvalue weighted by Gasteiger charge is 2.07. The molecular weight excluding hydrogens is 202 g/mol. The van der Waals surface area contributed by atoms with Crippen molar-refractivity contribution in [3.05, 3.63) is 35.4 Å². The summed E-state index contributed by atoms with van der Waals surface area (Å²) in [6, 6.07) is 5.17. The van der Waals surface area contributed by atoms with Gasteiger partial charge in [0, 0.05) is 11.3 Å². The van der Waals surface area contributed by atoms with Crippen LogP contribution in [0.5, 0.6) is 0 Å². The Morgan fingerprint density at radius 1 is 1.50 bits per heavy atom. The molecule has 0 amide bonds. The number of rotatable bonds is 3. The van der Waals surface area contributed by atoms with E-state index in [-0.39, 0.29) is 0 Å². The van der Waals surface area contributed by atoms with Crippen LogP contribution in [-0.4, -0.2) is 0 Å². The summed E-state index contributed by atoms with van der Waals surface area (Å²) in [6.45, 7) is 3.70. The molecule has 14 heavy (non-hydrogen) atoms. The van der Waals surface area contributed by atoms with Gasteiger partial charge in [0.1, 0.15) is 0 Å². The Labute approximate surface area is 86.4 Å². The molecule has 0 aliphatic rings. The average molecular weight is 212 g/mol. The van der Waals surface area contributed by atoms with Gasteiger partial charge >= 0.3 is 0 Å². The zero-order chi connectivity index (χ0) is 10.6. The molecule has 1 aromatic carbocycles. The molecule has 1 rings (SSSR count). The molecule has 5 N–H and O–H groups in total. The molecule has 6 heteroatoms. The van der Waals surface area contributed by atoms with Gasteiger partial charge in [-0.15, -0.1) is 0 Å². The third-order valence-corrected chi connectivity index (χ3v) is 1.91. The van der Waals surface area contributed by atoms with E-state index in [1.54, 1.807) is 18.2 Å². The fourth-order valence-corrected chi connectivity index (χ4v) is 1.30. The quantitative estimate of drug-likeness (QED) is 0.308. The number of anilines is 1. The molecule has 0 aromatic heterocycles. The SMILES string of the molecule is C=C(N/N=N\N)c1c(N)cccc1Cl. The van der Waals surface area contributed by atoms with Crippen molar-refractivity contribution in [2.24, 2.45) is 16.3 Å². The van der Waals surface area contributed by atoms with Gasteiger partial charge < -0.3 is 11.6 Å². The summed E-state index contributed by atoms with van der Waals surface area (Å²) in [5.41, 5.74) is 9.77. The number of benzene rings is 1. The van der Waals surface area contributed by atoms with Crippen LogP contribution in [0.1, 0.15) is 5.56 Å². The number of nitrogens with zero attached hydrogens (tertiary/aromatic N) is 2. The van der Waals surface area contributed by atoms with Gasteiger partial charge in [-0.2, -0.15) is 0 Å². The Kier molecular flexibility index (Phi) is 3.30. The average Bonchev–Trinajstić information content (AvgIpc) is 2.14. The van der Waals surface area contributed by atoms with E-state index < -0.39 is 0 Å². The Hall–Kier alpha value is -1.75. The molecule has 0 aliphatic carbocycles. The van der Waals surface area contributed by atoms with Gasteiger partial charge in [-0.1, -0.05) is 34.7 Å². The molecule has 0 atom stereocenters. The normalized spacial score (nSPS) is 10.4. The van der Waals surface area contributed by atoms with Crippen LogP contribution >= 0.6 is 11.6 Å². The summed E-state index contributed by atoms with van der Waals surface area (Å²) in [7, 11) is 0. The predicted molar refractivity (Wildman–Crippen MR) is 57.1 cm³/mol. The van der Waals surface area contributed by atoms with E-state index in [0.717, 1.165) is 0 Å². The summed E-state index contributed by atoms with van der Waals surface area (Å²) < 4.78 is 0. The highest BCUT2D eigenvalue weighted by atomic mass is 35.5. The van der Waals surface area contributed by atoms with Crippen LogP contribution in [-0.2, 0) is 0 Å². The van der Waals surface area contributed by atoms with Crippen LogP contribution in [0.4, 0.5) is 5.69 Å². The highest BCUT2D eigenvalue weighted by molar-refractivity contribution is 6.32. The molecule has 0 spiro atoms. The van der Waals surface area contributed by atoms with E-state index >= 15 is 0 Å². The van der Waals surface area contributed by atoms with Crippen LogP contribution in [0.2, 0.25) is 5.02 Å². The molecule has 0 unspecified atom stereocenters. The van der Waals surface area contributed by atoms with Gasteiger partial charge in [0.2, 0.25) is 0 Å². The van der Waals surface area contributed by atoms with Crippen molar-refractivity contribution in [1.82, 2.24) is 5.43 Å². The minimum atomic E-state index is 0.447. The molecule has 0 bridgehead atoms. The van der Waals surface area contributed by atoms with Crippen molar-refractivity contribution >= 4 is 23.0 Å². The summed E-state index contributed by atoms with van der Waals surface area (Å²) in [5.74, 6) is 4.82. The Morgan fingerprint density at radius 3 is 2.79 bits per heavy atom. The maximum absolute atomic E-state index is 5.92. The number of nitrogen functional groups attached to an aromatic ring is 1. The minimum Gasteiger partial charge on any atom is -0.398 e. The Balaban J connectivity index is 3.00. The topological polar surface area (TPSA) is 88.8 Å². The summed E-state index contributed by atoms with van der Waals surface area (Å²) >= 11 is 5.92. The first kappa shape index (κ1) is 10.3. The van der Waals surface area contributed by atoms with E-state index in [0.29, 0.717) is 22.0 Å². The fourth-order valence-electron chi connectivity index (χ4n) is 1.00. The fraction of sp³-hybridized carbons (Fsp3) is 0. The van der Waals surface area contributed by atoms with Crippen molar-refractivity contribution in [3.8, 4) is 0 Å². The summed E-state index contributed by atoms with van der Waals surface area (Å²) in [6.07, 6.45) is 0. The predicted octanol–water partition coefficient (Wildman–Crippen LogP) is 1.72. The second-order valence-electron chi connectivity index (χ2n) is 2.51. The van der Waals surface area contributed by atoms with Crippen molar-refractivity contribution in [3.63, 3.8) is 0 Å². The monoisotopic (exact) mass is 211 g/mol. The lowest BCUT2D eigenvalue weighted by Crippen LogP contribution is -2.06. The lowest BCUT2D eigenvalue weighted by molar-refractivity contribution is 0.840. The standard InChI is InChI=1S/C8H10ClN5/c1-5(12-14-13-11)8-6(9)3-2-4-7(8)10/h2-4H,1,10H2,(H2,11,14)(H,12,13). The third-order valence-electron chi connectivity index (χ3n) is 1.59. The van der Waals surface area contributed by atoms with Crippen LogP contribution < -0.4 is 17.0 Å². The number of halogens is 1. The van der Waals surface area contributed by atoms with E-state index in [1.807, 2.05) is 0 Å². The molecule has 0 saturated heterocycles. The number of hydrogen-bond donors (Lipinski definition) is 3. The van der Waals surface area contributed by atoms with Crippen molar-refractivity contribution < 1.29 is 0 Å². The maximum Gasteiger partial charge on any atom is 0.0615 e. The summed E-state index contributed by atoms with van der Waals surface area (Å²) in [5, 5.41) is 6.89. The molecular formula is C8H10ClN5. The van der Waals surface area contributed by atoms with Crippen molar-refractivity contribution in [2.45, 2.75) is 0 Å². The first-order valence-electron chi connectivity index (χ1n) is 3.76. The molecule has 0 radical (unpaired) electrons. The number of hydrogen-bond acceptors (Lipinski definition) is 3. The van der Waals surface area contributed by atoms with Gasteiger partial charge in [-0.3, -0.25) is 5.43 Å². The molecule has 1 aromatic rings. The lowest BCUT2D eigenvalue weighted by atomic mass is 10.1. The van der Waals surface area contributed by atoms with Crippen LogP contribution in [0.3, 0.4) is 0 Å². The maximum atomic E-state index is 5.92. The first-order valence-corrected chi connectivity index (χ1v) is 4.13. The van der Waals surface area contributed by atoms with E-state index in [9.17, 15) is 0 Å². The molecule has 0 fully saturated rings. The minimum absolute atomic E-state index is 0.447. The van der Waals surface area contributed by atoms with Crippen LogP contribution in [0.25, 0.3) is 5.70 Å². The van der Waals surface area contributed by atoms with Crippen LogP contribution in [0.15, 0.2) is 35.2 Å².